The Kier molecular flexibility index (Phi) is 3.65. The Bertz CT molecular complexity index is 692. The summed E-state index contributed by atoms with van der Waals surface area (Å²) in [7, 11) is 0. The summed E-state index contributed by atoms with van der Waals surface area (Å²) >= 11 is 0. The number of rotatable bonds is 3. The van der Waals surface area contributed by atoms with E-state index < -0.39 is 17.5 Å². The fourth-order valence-electron chi connectivity index (χ4n) is 1.80. The van der Waals surface area contributed by atoms with Gasteiger partial charge in [0.05, 0.1) is 11.3 Å². The van der Waals surface area contributed by atoms with Crippen LogP contribution in [0.4, 0.5) is 10.1 Å². The van der Waals surface area contributed by atoms with E-state index in [1.165, 1.54) is 19.1 Å². The highest BCUT2D eigenvalue weighted by Crippen LogP contribution is 2.17. The second-order valence-electron chi connectivity index (χ2n) is 4.35. The van der Waals surface area contributed by atoms with E-state index in [0.29, 0.717) is 17.3 Å². The maximum atomic E-state index is 13.4. The minimum Gasteiger partial charge on any atom is -0.436 e. The van der Waals surface area contributed by atoms with E-state index in [1.54, 1.807) is 13.8 Å². The monoisotopic (exact) mass is 276 g/mol. The van der Waals surface area contributed by atoms with Crippen LogP contribution in [0.5, 0.6) is 0 Å². The van der Waals surface area contributed by atoms with E-state index in [4.69, 9.17) is 4.42 Å². The summed E-state index contributed by atoms with van der Waals surface area (Å²) < 4.78 is 18.6. The van der Waals surface area contributed by atoms with E-state index in [-0.39, 0.29) is 11.3 Å². The second kappa shape index (κ2) is 5.24. The van der Waals surface area contributed by atoms with Gasteiger partial charge in [0.25, 0.3) is 5.91 Å². The number of Topliss-reactive ketones (excluding diaryl/α,β-unsaturated/α-hetero) is 1. The molecule has 1 N–H and O–H groups in total. The summed E-state index contributed by atoms with van der Waals surface area (Å²) in [5.74, 6) is -1.05. The minimum absolute atomic E-state index is 0.0757. The molecule has 0 aliphatic heterocycles. The molecule has 0 fully saturated rings. The molecule has 1 aromatic heterocycles. The summed E-state index contributed by atoms with van der Waals surface area (Å²) in [4.78, 5) is 27.2. The maximum Gasteiger partial charge on any atom is 0.293 e. The number of benzene rings is 1. The molecule has 2 rings (SSSR count). The zero-order valence-electron chi connectivity index (χ0n) is 11.3. The van der Waals surface area contributed by atoms with Crippen molar-refractivity contribution >= 4 is 17.4 Å². The van der Waals surface area contributed by atoms with Crippen molar-refractivity contribution < 1.29 is 18.4 Å². The number of hydrogen-bond acceptors (Lipinski definition) is 4. The Hall–Kier alpha value is -2.50. The summed E-state index contributed by atoms with van der Waals surface area (Å²) in [5, 5.41) is 2.54. The van der Waals surface area contributed by atoms with Crippen LogP contribution in [0.2, 0.25) is 0 Å². The molecular formula is C14H13FN2O3. The Labute approximate surface area is 114 Å². The van der Waals surface area contributed by atoms with Crippen molar-refractivity contribution in [1.82, 2.24) is 4.98 Å². The van der Waals surface area contributed by atoms with Crippen LogP contribution < -0.4 is 5.32 Å². The second-order valence-corrected chi connectivity index (χ2v) is 4.35. The van der Waals surface area contributed by atoms with Crippen LogP contribution in [0.15, 0.2) is 22.6 Å². The lowest BCUT2D eigenvalue weighted by Crippen LogP contribution is -2.13. The van der Waals surface area contributed by atoms with Crippen LogP contribution in [-0.2, 0) is 0 Å². The molecule has 0 aliphatic rings. The first kappa shape index (κ1) is 13.9. The normalized spacial score (nSPS) is 10.4. The minimum atomic E-state index is -0.623. The van der Waals surface area contributed by atoms with E-state index in [9.17, 15) is 14.0 Å². The SMILES string of the molecule is CC(=O)c1cc(NC(=O)c2oc(C)nc2C)ccc1F. The molecule has 1 amide bonds. The predicted molar refractivity (Wildman–Crippen MR) is 70.3 cm³/mol. The Balaban J connectivity index is 2.26. The van der Waals surface area contributed by atoms with Gasteiger partial charge in [0.2, 0.25) is 5.76 Å². The molecule has 0 atom stereocenters. The lowest BCUT2D eigenvalue weighted by molar-refractivity contribution is 0.0989. The highest BCUT2D eigenvalue weighted by Gasteiger charge is 2.17. The number of oxazole rings is 1. The van der Waals surface area contributed by atoms with Crippen molar-refractivity contribution in [3.63, 3.8) is 0 Å². The first-order chi connectivity index (χ1) is 9.38. The largest absolute Gasteiger partial charge is 0.436 e. The summed E-state index contributed by atoms with van der Waals surface area (Å²) in [6.45, 7) is 4.54. The first-order valence-corrected chi connectivity index (χ1v) is 5.94. The predicted octanol–water partition coefficient (Wildman–Crippen LogP) is 2.89. The molecule has 5 nitrogen and oxygen atoms in total. The summed E-state index contributed by atoms with van der Waals surface area (Å²) in [6, 6.07) is 3.79. The third-order valence-electron chi connectivity index (χ3n) is 2.71. The number of amides is 1. The van der Waals surface area contributed by atoms with Crippen LogP contribution in [0.3, 0.4) is 0 Å². The van der Waals surface area contributed by atoms with E-state index in [2.05, 4.69) is 10.3 Å². The highest BCUT2D eigenvalue weighted by molar-refractivity contribution is 6.04. The zero-order valence-corrected chi connectivity index (χ0v) is 11.3. The molecule has 0 spiro atoms. The number of ketones is 1. The van der Waals surface area contributed by atoms with Gasteiger partial charge < -0.3 is 9.73 Å². The van der Waals surface area contributed by atoms with Gasteiger partial charge in [-0.05, 0) is 32.0 Å². The van der Waals surface area contributed by atoms with Gasteiger partial charge in [0.15, 0.2) is 11.7 Å². The van der Waals surface area contributed by atoms with E-state index in [0.717, 1.165) is 6.07 Å². The number of aryl methyl sites for hydroxylation is 2. The number of carbonyl (C=O) groups is 2. The average molecular weight is 276 g/mol. The van der Waals surface area contributed by atoms with Gasteiger partial charge in [-0.25, -0.2) is 9.37 Å². The average Bonchev–Trinajstić information content (AvgIpc) is 2.70. The van der Waals surface area contributed by atoms with Gasteiger partial charge in [-0.1, -0.05) is 0 Å². The van der Waals surface area contributed by atoms with Gasteiger partial charge in [0, 0.05) is 12.6 Å². The maximum absolute atomic E-state index is 13.4. The molecule has 0 bridgehead atoms. The lowest BCUT2D eigenvalue weighted by atomic mass is 10.1. The molecule has 2 aromatic rings. The number of aromatic nitrogens is 1. The van der Waals surface area contributed by atoms with Crippen molar-refractivity contribution in [3.8, 4) is 0 Å². The number of nitrogens with zero attached hydrogens (tertiary/aromatic N) is 1. The van der Waals surface area contributed by atoms with Crippen LogP contribution in [0, 0.1) is 19.7 Å². The van der Waals surface area contributed by atoms with Crippen molar-refractivity contribution in [2.24, 2.45) is 0 Å². The fourth-order valence-corrected chi connectivity index (χ4v) is 1.80. The van der Waals surface area contributed by atoms with Crippen LogP contribution in [0.1, 0.15) is 39.4 Å². The Morgan fingerprint density at radius 3 is 2.55 bits per heavy atom. The van der Waals surface area contributed by atoms with Crippen molar-refractivity contribution in [3.05, 3.63) is 46.9 Å². The highest BCUT2D eigenvalue weighted by atomic mass is 19.1. The topological polar surface area (TPSA) is 72.2 Å². The molecule has 0 saturated heterocycles. The van der Waals surface area contributed by atoms with Gasteiger partial charge in [-0.3, -0.25) is 9.59 Å². The van der Waals surface area contributed by atoms with Crippen LogP contribution in [0.25, 0.3) is 0 Å². The molecule has 1 heterocycles. The molecular weight excluding hydrogens is 263 g/mol. The lowest BCUT2D eigenvalue weighted by Gasteiger charge is -2.06. The van der Waals surface area contributed by atoms with Crippen molar-refractivity contribution in [2.45, 2.75) is 20.8 Å². The molecule has 1 aromatic carbocycles. The van der Waals surface area contributed by atoms with Gasteiger partial charge >= 0.3 is 0 Å². The molecule has 0 unspecified atom stereocenters. The zero-order chi connectivity index (χ0) is 14.9. The molecule has 0 saturated carbocycles. The van der Waals surface area contributed by atoms with E-state index >= 15 is 0 Å². The number of hydrogen-bond donors (Lipinski definition) is 1. The third-order valence-corrected chi connectivity index (χ3v) is 2.71. The van der Waals surface area contributed by atoms with Gasteiger partial charge in [0.1, 0.15) is 5.82 Å². The Morgan fingerprint density at radius 2 is 2.00 bits per heavy atom. The molecule has 0 radical (unpaired) electrons. The van der Waals surface area contributed by atoms with Crippen molar-refractivity contribution in [1.29, 1.82) is 0 Å². The summed E-state index contributed by atoms with van der Waals surface area (Å²) in [6.07, 6.45) is 0. The number of anilines is 1. The van der Waals surface area contributed by atoms with Gasteiger partial charge in [-0.2, -0.15) is 0 Å². The molecule has 104 valence electrons. The van der Waals surface area contributed by atoms with Crippen LogP contribution in [-0.4, -0.2) is 16.7 Å². The molecule has 20 heavy (non-hydrogen) atoms. The fraction of sp³-hybridized carbons (Fsp3) is 0.214. The number of halogens is 1. The standard InChI is InChI=1S/C14H13FN2O3/c1-7-13(20-9(3)16-7)14(19)17-10-4-5-12(15)11(6-10)8(2)18/h4-6H,1-3H3,(H,17,19). The number of carbonyl (C=O) groups excluding carboxylic acids is 2. The number of nitrogens with one attached hydrogen (secondary N) is 1. The van der Waals surface area contributed by atoms with Gasteiger partial charge in [-0.15, -0.1) is 0 Å². The van der Waals surface area contributed by atoms with Crippen molar-refractivity contribution in [2.75, 3.05) is 5.32 Å². The molecule has 6 heteroatoms. The third kappa shape index (κ3) is 2.74. The van der Waals surface area contributed by atoms with Crippen LogP contribution >= 0.6 is 0 Å². The quantitative estimate of drug-likeness (QED) is 0.875. The van der Waals surface area contributed by atoms with E-state index in [1.807, 2.05) is 0 Å². The first-order valence-electron chi connectivity index (χ1n) is 5.94. The Morgan fingerprint density at radius 1 is 1.30 bits per heavy atom. The smallest absolute Gasteiger partial charge is 0.293 e. The molecule has 0 aliphatic carbocycles. The summed E-state index contributed by atoms with van der Waals surface area (Å²) in [5.41, 5.74) is 0.706.